The van der Waals surface area contributed by atoms with Gasteiger partial charge in [-0.25, -0.2) is 13.2 Å². The number of nitrogens with zero attached hydrogens (tertiary/aromatic N) is 2. The second-order valence-electron chi connectivity index (χ2n) is 4.69. The van der Waals surface area contributed by atoms with Crippen molar-refractivity contribution in [1.82, 2.24) is 9.21 Å². The average molecular weight is 332 g/mol. The molecule has 1 fully saturated rings. The number of carbonyl (C=O) groups excluding carboxylic acids is 1. The zero-order valence-electron chi connectivity index (χ0n) is 11.5. The summed E-state index contributed by atoms with van der Waals surface area (Å²) in [6.07, 6.45) is 0.565. The molecule has 7 nitrogen and oxygen atoms in total. The van der Waals surface area contributed by atoms with Gasteiger partial charge in [0.1, 0.15) is 9.09 Å². The van der Waals surface area contributed by atoms with Gasteiger partial charge in [0.2, 0.25) is 5.91 Å². The lowest BCUT2D eigenvalue weighted by atomic mass is 10.4. The molecular formula is C12H16N2O5S2. The largest absolute Gasteiger partial charge is 0.477 e. The first-order valence-corrected chi connectivity index (χ1v) is 8.67. The van der Waals surface area contributed by atoms with Crippen LogP contribution in [0.2, 0.25) is 0 Å². The zero-order valence-corrected chi connectivity index (χ0v) is 13.1. The van der Waals surface area contributed by atoms with Crippen LogP contribution in [0.5, 0.6) is 0 Å². The molecule has 0 saturated carbocycles. The SMILES string of the molecule is CC(=O)N1CCCN(S(=O)(=O)c2ccc(C(=O)O)s2)CC1. The van der Waals surface area contributed by atoms with Crippen molar-refractivity contribution in [2.45, 2.75) is 17.6 Å². The molecule has 2 heterocycles. The number of rotatable bonds is 3. The fraction of sp³-hybridized carbons (Fsp3) is 0.500. The van der Waals surface area contributed by atoms with Gasteiger partial charge in [0.15, 0.2) is 0 Å². The highest BCUT2D eigenvalue weighted by Crippen LogP contribution is 2.25. The van der Waals surface area contributed by atoms with Crippen LogP contribution in [0, 0.1) is 0 Å². The molecular weight excluding hydrogens is 316 g/mol. The number of aromatic carboxylic acids is 1. The van der Waals surface area contributed by atoms with Crippen molar-refractivity contribution in [2.24, 2.45) is 0 Å². The van der Waals surface area contributed by atoms with Crippen molar-refractivity contribution >= 4 is 33.2 Å². The molecule has 0 radical (unpaired) electrons. The minimum atomic E-state index is -3.70. The van der Waals surface area contributed by atoms with Gasteiger partial charge in [-0.2, -0.15) is 4.31 Å². The Labute approximate surface area is 126 Å². The van der Waals surface area contributed by atoms with E-state index >= 15 is 0 Å². The molecule has 21 heavy (non-hydrogen) atoms. The van der Waals surface area contributed by atoms with Crippen LogP contribution in [0.3, 0.4) is 0 Å². The third-order valence-electron chi connectivity index (χ3n) is 3.29. The Morgan fingerprint density at radius 3 is 2.48 bits per heavy atom. The minimum Gasteiger partial charge on any atom is -0.477 e. The standard InChI is InChI=1S/C12H16N2O5S2/c1-9(15)13-5-2-6-14(8-7-13)21(18,19)11-4-3-10(20-11)12(16)17/h3-4H,2,5-8H2,1H3,(H,16,17). The summed E-state index contributed by atoms with van der Waals surface area (Å²) >= 11 is 0.746. The van der Waals surface area contributed by atoms with Crippen molar-refractivity contribution < 1.29 is 23.1 Å². The number of carboxylic acids is 1. The van der Waals surface area contributed by atoms with Gasteiger partial charge < -0.3 is 10.0 Å². The summed E-state index contributed by atoms with van der Waals surface area (Å²) in [6.45, 7) is 2.90. The van der Waals surface area contributed by atoms with E-state index in [2.05, 4.69) is 0 Å². The number of thiophene rings is 1. The van der Waals surface area contributed by atoms with E-state index in [1.165, 1.54) is 23.4 Å². The Bertz CT molecular complexity index is 652. The van der Waals surface area contributed by atoms with Crippen LogP contribution in [0.4, 0.5) is 0 Å². The van der Waals surface area contributed by atoms with Crippen molar-refractivity contribution in [3.05, 3.63) is 17.0 Å². The first-order chi connectivity index (χ1) is 9.82. The van der Waals surface area contributed by atoms with Crippen molar-refractivity contribution in [3.8, 4) is 0 Å². The molecule has 1 aromatic rings. The summed E-state index contributed by atoms with van der Waals surface area (Å²) in [4.78, 5) is 23.8. The van der Waals surface area contributed by atoms with Crippen LogP contribution in [0.1, 0.15) is 23.0 Å². The topological polar surface area (TPSA) is 95.0 Å². The lowest BCUT2D eigenvalue weighted by molar-refractivity contribution is -0.128. The maximum absolute atomic E-state index is 12.5. The molecule has 1 saturated heterocycles. The third kappa shape index (κ3) is 3.42. The van der Waals surface area contributed by atoms with Gasteiger partial charge in [0.05, 0.1) is 0 Å². The highest BCUT2D eigenvalue weighted by Gasteiger charge is 2.29. The van der Waals surface area contributed by atoms with E-state index in [9.17, 15) is 18.0 Å². The number of amides is 1. The van der Waals surface area contributed by atoms with Gasteiger partial charge in [0.25, 0.3) is 10.0 Å². The Kier molecular flexibility index (Phi) is 4.64. The molecule has 9 heteroatoms. The monoisotopic (exact) mass is 332 g/mol. The summed E-state index contributed by atoms with van der Waals surface area (Å²) < 4.78 is 26.3. The number of carboxylic acid groups (broad SMARTS) is 1. The molecule has 1 amide bonds. The van der Waals surface area contributed by atoms with Gasteiger partial charge in [-0.15, -0.1) is 11.3 Å². The fourth-order valence-electron chi connectivity index (χ4n) is 2.15. The second-order valence-corrected chi connectivity index (χ2v) is 7.94. The second kappa shape index (κ2) is 6.12. The van der Waals surface area contributed by atoms with Gasteiger partial charge in [-0.3, -0.25) is 4.79 Å². The molecule has 1 aromatic heterocycles. The van der Waals surface area contributed by atoms with Gasteiger partial charge in [-0.05, 0) is 18.6 Å². The Morgan fingerprint density at radius 2 is 1.90 bits per heavy atom. The van der Waals surface area contributed by atoms with Gasteiger partial charge >= 0.3 is 5.97 Å². The summed E-state index contributed by atoms with van der Waals surface area (Å²) in [6, 6.07) is 2.61. The van der Waals surface area contributed by atoms with E-state index in [1.807, 2.05) is 0 Å². The molecule has 0 aliphatic carbocycles. The molecule has 1 N–H and O–H groups in total. The molecule has 2 rings (SSSR count). The molecule has 0 atom stereocenters. The molecule has 1 aliphatic rings. The lowest BCUT2D eigenvalue weighted by Crippen LogP contribution is -2.36. The normalized spacial score (nSPS) is 17.5. The smallest absolute Gasteiger partial charge is 0.345 e. The minimum absolute atomic E-state index is 0.00578. The predicted molar refractivity (Wildman–Crippen MR) is 76.9 cm³/mol. The quantitative estimate of drug-likeness (QED) is 0.879. The molecule has 0 unspecified atom stereocenters. The van der Waals surface area contributed by atoms with E-state index in [-0.39, 0.29) is 21.5 Å². The van der Waals surface area contributed by atoms with Crippen LogP contribution >= 0.6 is 11.3 Å². The Hall–Kier alpha value is -1.45. The summed E-state index contributed by atoms with van der Waals surface area (Å²) in [7, 11) is -3.70. The Balaban J connectivity index is 2.19. The number of hydrogen-bond donors (Lipinski definition) is 1. The molecule has 1 aliphatic heterocycles. The maximum atomic E-state index is 12.5. The summed E-state index contributed by atoms with van der Waals surface area (Å²) in [5.41, 5.74) is 0. The highest BCUT2D eigenvalue weighted by atomic mass is 32.2. The van der Waals surface area contributed by atoms with E-state index in [1.54, 1.807) is 4.90 Å². The van der Waals surface area contributed by atoms with E-state index < -0.39 is 16.0 Å². The average Bonchev–Trinajstić information content (AvgIpc) is 2.77. The summed E-state index contributed by atoms with van der Waals surface area (Å²) in [5.74, 6) is -1.21. The number of sulfonamides is 1. The van der Waals surface area contributed by atoms with Crippen LogP contribution in [0.15, 0.2) is 16.3 Å². The first-order valence-electron chi connectivity index (χ1n) is 6.41. The zero-order chi connectivity index (χ0) is 15.6. The Morgan fingerprint density at radius 1 is 1.19 bits per heavy atom. The maximum Gasteiger partial charge on any atom is 0.345 e. The van der Waals surface area contributed by atoms with Crippen LogP contribution in [-0.4, -0.2) is 60.8 Å². The van der Waals surface area contributed by atoms with Crippen LogP contribution in [0.25, 0.3) is 0 Å². The first kappa shape index (κ1) is 15.9. The van der Waals surface area contributed by atoms with E-state index in [0.717, 1.165) is 11.3 Å². The van der Waals surface area contributed by atoms with Crippen LogP contribution in [-0.2, 0) is 14.8 Å². The predicted octanol–water partition coefficient (Wildman–Crippen LogP) is 0.689. The van der Waals surface area contributed by atoms with E-state index in [0.29, 0.717) is 26.1 Å². The van der Waals surface area contributed by atoms with Crippen molar-refractivity contribution in [1.29, 1.82) is 0 Å². The summed E-state index contributed by atoms with van der Waals surface area (Å²) in [5, 5.41) is 8.87. The van der Waals surface area contributed by atoms with Crippen molar-refractivity contribution in [2.75, 3.05) is 26.2 Å². The third-order valence-corrected chi connectivity index (χ3v) is 6.73. The van der Waals surface area contributed by atoms with Crippen LogP contribution < -0.4 is 0 Å². The molecule has 0 aromatic carbocycles. The lowest BCUT2D eigenvalue weighted by Gasteiger charge is -2.20. The van der Waals surface area contributed by atoms with Gasteiger partial charge in [-0.1, -0.05) is 0 Å². The highest BCUT2D eigenvalue weighted by molar-refractivity contribution is 7.91. The van der Waals surface area contributed by atoms with E-state index in [4.69, 9.17) is 5.11 Å². The van der Waals surface area contributed by atoms with Gasteiger partial charge in [0, 0.05) is 33.1 Å². The molecule has 0 bridgehead atoms. The molecule has 0 spiro atoms. The fourth-order valence-corrected chi connectivity index (χ4v) is 4.92. The van der Waals surface area contributed by atoms with Crippen molar-refractivity contribution in [3.63, 3.8) is 0 Å². The number of hydrogen-bond acceptors (Lipinski definition) is 5. The molecule has 116 valence electrons. The number of carbonyl (C=O) groups is 2.